The molecule has 7 heterocycles. The fourth-order valence-electron chi connectivity index (χ4n) is 8.83. The predicted molar refractivity (Wildman–Crippen MR) is 233 cm³/mol. The minimum absolute atomic E-state index is 0.0234. The number of carbonyl (C=O) groups excluding carboxylic acids is 2. The van der Waals surface area contributed by atoms with E-state index in [0.717, 1.165) is 53.8 Å². The summed E-state index contributed by atoms with van der Waals surface area (Å²) in [5.41, 5.74) is 4.84. The van der Waals surface area contributed by atoms with E-state index in [9.17, 15) is 18.0 Å². The molecule has 0 spiro atoms. The highest BCUT2D eigenvalue weighted by Crippen LogP contribution is 2.34. The van der Waals surface area contributed by atoms with E-state index < -0.39 is 16.1 Å². The van der Waals surface area contributed by atoms with Crippen LogP contribution in [0.1, 0.15) is 52.5 Å². The number of piperidine rings is 1. The Bertz CT molecular complexity index is 2730. The van der Waals surface area contributed by atoms with Gasteiger partial charge in [-0.2, -0.15) is 24.0 Å². The number of nitrogens with zero attached hydrogens (tertiary/aromatic N) is 11. The van der Waals surface area contributed by atoms with Crippen LogP contribution in [-0.2, 0) is 28.4 Å². The molecule has 3 amide bonds. The number of urea groups is 1. The third-order valence-electron chi connectivity index (χ3n) is 12.1. The highest BCUT2D eigenvalue weighted by atomic mass is 32.2. The zero-order valence-electron chi connectivity index (χ0n) is 35.5. The molecule has 3 saturated heterocycles. The Balaban J connectivity index is 0.838. The molecule has 19 nitrogen and oxygen atoms in total. The van der Waals surface area contributed by atoms with Crippen LogP contribution in [-0.4, -0.2) is 127 Å². The first-order valence-corrected chi connectivity index (χ1v) is 22.6. The third-order valence-corrected chi connectivity index (χ3v) is 14.0. The number of hydrogen-bond acceptors (Lipinski definition) is 13. The summed E-state index contributed by atoms with van der Waals surface area (Å²) in [5, 5.41) is 22.9. The number of amides is 3. The number of sulfonamides is 1. The van der Waals surface area contributed by atoms with Crippen molar-refractivity contribution in [3.8, 4) is 17.0 Å². The van der Waals surface area contributed by atoms with Gasteiger partial charge < -0.3 is 15.0 Å². The summed E-state index contributed by atoms with van der Waals surface area (Å²) in [7, 11) is -1.89. The van der Waals surface area contributed by atoms with Crippen molar-refractivity contribution in [2.75, 3.05) is 54.4 Å². The van der Waals surface area contributed by atoms with Crippen LogP contribution in [0.15, 0.2) is 66.1 Å². The molecular weight excluding hydrogens is 813 g/mol. The number of piperazine rings is 1. The Morgan fingerprint density at radius 3 is 2.65 bits per heavy atom. The number of benzene rings is 2. The van der Waals surface area contributed by atoms with Gasteiger partial charge in [0.05, 0.1) is 22.7 Å². The Morgan fingerprint density at radius 2 is 1.89 bits per heavy atom. The van der Waals surface area contributed by atoms with Crippen molar-refractivity contribution in [1.29, 1.82) is 0 Å². The van der Waals surface area contributed by atoms with E-state index in [2.05, 4.69) is 64.9 Å². The van der Waals surface area contributed by atoms with Crippen molar-refractivity contribution in [1.82, 2.24) is 54.1 Å². The molecule has 20 heteroatoms. The van der Waals surface area contributed by atoms with Crippen LogP contribution in [0.4, 0.5) is 22.2 Å². The van der Waals surface area contributed by atoms with Gasteiger partial charge in [0.1, 0.15) is 12.0 Å². The van der Waals surface area contributed by atoms with E-state index in [1.54, 1.807) is 38.3 Å². The van der Waals surface area contributed by atoms with Crippen LogP contribution in [0.3, 0.4) is 0 Å². The van der Waals surface area contributed by atoms with E-state index in [0.29, 0.717) is 59.8 Å². The molecule has 0 saturated carbocycles. The molecule has 6 aromatic rings. The second-order valence-electron chi connectivity index (χ2n) is 16.7. The lowest BCUT2D eigenvalue weighted by Gasteiger charge is -2.42. The number of fused-ring (bicyclic) bond motifs is 2. The average Bonchev–Trinajstić information content (AvgIpc) is 4.01. The second kappa shape index (κ2) is 16.6. The maximum atomic E-state index is 14.2. The molecule has 0 aliphatic carbocycles. The fraction of sp³-hybridized carbons (Fsp3) is 0.452. The number of nitrogens with one attached hydrogen (secondary N) is 3. The minimum atomic E-state index is -3.75. The molecule has 9 rings (SSSR count). The first-order chi connectivity index (χ1) is 29.9. The maximum absolute atomic E-state index is 14.2. The highest BCUT2D eigenvalue weighted by Gasteiger charge is 2.35. The first kappa shape index (κ1) is 41.2. The quantitative estimate of drug-likeness (QED) is 0.158. The van der Waals surface area contributed by atoms with Gasteiger partial charge in [0.15, 0.2) is 11.6 Å². The molecule has 0 radical (unpaired) electrons. The van der Waals surface area contributed by atoms with Crippen LogP contribution in [0, 0.1) is 5.92 Å². The molecule has 3 aliphatic heterocycles. The van der Waals surface area contributed by atoms with Crippen molar-refractivity contribution in [2.24, 2.45) is 13.0 Å². The standard InChI is InChI=1S/C42H52N14O5S/c1-6-30-24-53(31-10-11-33-35(19-31)51(5)49-39(33)55-15-13-36(57)47-42(55)58)17-16-52(30)23-28-8-7-9-32(18-28)62(59,60)54-14-12-34(27(4)22-54)46-41-48-40-38(61-26(2)3)37(29-20-44-45-21-29)43-25-56(40)50-41/h7-11,18-21,25-27,30,34H,6,12-17,22-24H2,1-5H3,(H,44,45)(H,46,50)(H,47,57,58)/t27-,30?,34+/m1/s1. The predicted octanol–water partition coefficient (Wildman–Crippen LogP) is 4.25. The van der Waals surface area contributed by atoms with Gasteiger partial charge in [-0.15, -0.1) is 5.10 Å². The van der Waals surface area contributed by atoms with E-state index >= 15 is 0 Å². The fourth-order valence-corrected chi connectivity index (χ4v) is 10.5. The molecule has 62 heavy (non-hydrogen) atoms. The summed E-state index contributed by atoms with van der Waals surface area (Å²) < 4.78 is 39.5. The Hall–Kier alpha value is -6.12. The summed E-state index contributed by atoms with van der Waals surface area (Å²) >= 11 is 0. The van der Waals surface area contributed by atoms with Crippen molar-refractivity contribution in [3.63, 3.8) is 0 Å². The number of H-pyrrole nitrogens is 1. The topological polar surface area (TPSA) is 204 Å². The summed E-state index contributed by atoms with van der Waals surface area (Å²) in [6.07, 6.45) is 6.66. The summed E-state index contributed by atoms with van der Waals surface area (Å²) in [5.74, 6) is 1.17. The molecule has 1 unspecified atom stereocenters. The molecular formula is C42H52N14O5S. The number of aryl methyl sites for hydroxylation is 1. The number of rotatable bonds is 12. The number of carbonyl (C=O) groups is 2. The van der Waals surface area contributed by atoms with Crippen LogP contribution in [0.5, 0.6) is 5.75 Å². The summed E-state index contributed by atoms with van der Waals surface area (Å²) in [4.78, 5) is 40.3. The van der Waals surface area contributed by atoms with Crippen LogP contribution in [0.2, 0.25) is 0 Å². The maximum Gasteiger partial charge on any atom is 0.329 e. The number of aromatic amines is 1. The van der Waals surface area contributed by atoms with E-state index in [-0.39, 0.29) is 43.0 Å². The van der Waals surface area contributed by atoms with Crippen LogP contribution >= 0.6 is 0 Å². The lowest BCUT2D eigenvalue weighted by atomic mass is 9.95. The molecule has 326 valence electrons. The Kier molecular flexibility index (Phi) is 11.1. The van der Waals surface area contributed by atoms with Crippen molar-refractivity contribution in [2.45, 2.75) is 76.6 Å². The molecule has 3 fully saturated rings. The van der Waals surface area contributed by atoms with Crippen molar-refractivity contribution >= 4 is 56.0 Å². The van der Waals surface area contributed by atoms with Gasteiger partial charge in [0.2, 0.25) is 27.5 Å². The highest BCUT2D eigenvalue weighted by molar-refractivity contribution is 7.89. The molecule has 3 aliphatic rings. The van der Waals surface area contributed by atoms with Crippen LogP contribution < -0.4 is 25.2 Å². The van der Waals surface area contributed by atoms with E-state index in [4.69, 9.17) is 9.72 Å². The normalized spacial score (nSPS) is 20.7. The van der Waals surface area contributed by atoms with Gasteiger partial charge >= 0.3 is 6.03 Å². The minimum Gasteiger partial charge on any atom is -0.485 e. The van der Waals surface area contributed by atoms with Gasteiger partial charge in [-0.05, 0) is 68.5 Å². The molecule has 2 aromatic carbocycles. The van der Waals surface area contributed by atoms with Crippen LogP contribution in [0.25, 0.3) is 27.8 Å². The number of ether oxygens (including phenoxy) is 1. The number of aromatic nitrogens is 8. The largest absolute Gasteiger partial charge is 0.485 e. The number of anilines is 3. The number of imide groups is 1. The molecule has 0 bridgehead atoms. The zero-order chi connectivity index (χ0) is 43.3. The van der Waals surface area contributed by atoms with Gasteiger partial charge in [-0.25, -0.2) is 18.2 Å². The van der Waals surface area contributed by atoms with Gasteiger partial charge in [-0.3, -0.25) is 29.7 Å². The average molecular weight is 865 g/mol. The summed E-state index contributed by atoms with van der Waals surface area (Å²) in [6.45, 7) is 12.2. The van der Waals surface area contributed by atoms with E-state index in [1.165, 1.54) is 4.90 Å². The first-order valence-electron chi connectivity index (χ1n) is 21.2. The van der Waals surface area contributed by atoms with E-state index in [1.807, 2.05) is 52.1 Å². The molecule has 3 N–H and O–H groups in total. The smallest absolute Gasteiger partial charge is 0.329 e. The van der Waals surface area contributed by atoms with Gasteiger partial charge in [0.25, 0.3) is 0 Å². The SMILES string of the molecule is CCC1CN(c2ccc3c(N4CCC(=O)NC4=O)nn(C)c3c2)CCN1Cc1cccc(S(=O)(=O)N2CC[C@H](Nc3nc4c(OC(C)C)c(-c5cn[nH]c5)ncn4n3)[C@H](C)C2)c1. The van der Waals surface area contributed by atoms with Gasteiger partial charge in [-0.1, -0.05) is 26.0 Å². The van der Waals surface area contributed by atoms with Crippen molar-refractivity contribution < 1.29 is 22.7 Å². The lowest BCUT2D eigenvalue weighted by Crippen LogP contribution is -2.52. The Morgan fingerprint density at radius 1 is 1.03 bits per heavy atom. The summed E-state index contributed by atoms with van der Waals surface area (Å²) in [6, 6.07) is 13.3. The molecule has 3 atom stereocenters. The monoisotopic (exact) mass is 864 g/mol. The zero-order valence-corrected chi connectivity index (χ0v) is 36.3. The lowest BCUT2D eigenvalue weighted by molar-refractivity contribution is -0.120. The third kappa shape index (κ3) is 7.93. The molecule has 4 aromatic heterocycles. The number of hydrogen-bond donors (Lipinski definition) is 3. The van der Waals surface area contributed by atoms with Gasteiger partial charge in [0, 0.05) is 94.2 Å². The Labute approximate surface area is 359 Å². The second-order valence-corrected chi connectivity index (χ2v) is 18.6. The van der Waals surface area contributed by atoms with Crippen molar-refractivity contribution in [3.05, 3.63) is 66.7 Å².